The first-order valence-electron chi connectivity index (χ1n) is 7.21. The number of carbonyl (C=O) groups excluding carboxylic acids is 1. The zero-order valence-corrected chi connectivity index (χ0v) is 11.5. The fourth-order valence-corrected chi connectivity index (χ4v) is 3.40. The standard InChI is InChI=1S/C15H21N3O2/c16-12-6-2-1-4-10(12)14(19)9-18-7-3-5-11-13(18)8-17-15(11)20/h1-2,4,6,11,13-14,19H,3,5,7-9,16H2,(H,17,20). The van der Waals surface area contributed by atoms with E-state index < -0.39 is 6.10 Å². The van der Waals surface area contributed by atoms with E-state index >= 15 is 0 Å². The summed E-state index contributed by atoms with van der Waals surface area (Å²) in [6.07, 6.45) is 1.35. The SMILES string of the molecule is Nc1ccccc1C(O)CN1CCCC2C(=O)NCC21. The molecule has 4 N–H and O–H groups in total. The Morgan fingerprint density at radius 2 is 2.25 bits per heavy atom. The average Bonchev–Trinajstić information content (AvgIpc) is 2.82. The number of amides is 1. The second-order valence-electron chi connectivity index (χ2n) is 5.70. The topological polar surface area (TPSA) is 78.6 Å². The van der Waals surface area contributed by atoms with Crippen LogP contribution >= 0.6 is 0 Å². The van der Waals surface area contributed by atoms with Gasteiger partial charge < -0.3 is 16.2 Å². The quantitative estimate of drug-likeness (QED) is 0.702. The Bertz CT molecular complexity index is 506. The number of nitrogens with zero attached hydrogens (tertiary/aromatic N) is 1. The van der Waals surface area contributed by atoms with Gasteiger partial charge in [0.2, 0.25) is 5.91 Å². The molecule has 0 aromatic heterocycles. The maximum atomic E-state index is 11.7. The van der Waals surface area contributed by atoms with Gasteiger partial charge in [0.05, 0.1) is 12.0 Å². The number of aliphatic hydroxyl groups is 1. The van der Waals surface area contributed by atoms with E-state index in [0.29, 0.717) is 18.8 Å². The Hall–Kier alpha value is -1.59. The van der Waals surface area contributed by atoms with E-state index in [2.05, 4.69) is 10.2 Å². The van der Waals surface area contributed by atoms with Crippen molar-refractivity contribution in [1.29, 1.82) is 0 Å². The van der Waals surface area contributed by atoms with Gasteiger partial charge in [0.1, 0.15) is 0 Å². The molecule has 2 heterocycles. The van der Waals surface area contributed by atoms with Crippen molar-refractivity contribution in [1.82, 2.24) is 10.2 Å². The maximum Gasteiger partial charge on any atom is 0.224 e. The molecule has 0 bridgehead atoms. The van der Waals surface area contributed by atoms with Gasteiger partial charge in [-0.25, -0.2) is 0 Å². The lowest BCUT2D eigenvalue weighted by atomic mass is 9.91. The molecular formula is C15H21N3O2. The van der Waals surface area contributed by atoms with Gasteiger partial charge in [-0.1, -0.05) is 18.2 Å². The highest BCUT2D eigenvalue weighted by atomic mass is 16.3. The number of benzene rings is 1. The number of fused-ring (bicyclic) bond motifs is 1. The number of carbonyl (C=O) groups is 1. The molecule has 0 saturated carbocycles. The minimum atomic E-state index is -0.606. The lowest BCUT2D eigenvalue weighted by Gasteiger charge is -2.37. The van der Waals surface area contributed by atoms with E-state index in [4.69, 9.17) is 5.73 Å². The molecule has 3 unspecified atom stereocenters. The molecule has 0 aliphatic carbocycles. The second kappa shape index (κ2) is 5.42. The summed E-state index contributed by atoms with van der Waals surface area (Å²) in [4.78, 5) is 14.0. The molecular weight excluding hydrogens is 254 g/mol. The third-order valence-corrected chi connectivity index (χ3v) is 4.48. The monoisotopic (exact) mass is 275 g/mol. The Balaban J connectivity index is 1.71. The van der Waals surface area contributed by atoms with Crippen molar-refractivity contribution in [2.24, 2.45) is 5.92 Å². The fourth-order valence-electron chi connectivity index (χ4n) is 3.40. The largest absolute Gasteiger partial charge is 0.398 e. The van der Waals surface area contributed by atoms with Crippen LogP contribution in [0.2, 0.25) is 0 Å². The van der Waals surface area contributed by atoms with Crippen LogP contribution in [0, 0.1) is 5.92 Å². The summed E-state index contributed by atoms with van der Waals surface area (Å²) in [6, 6.07) is 7.63. The van der Waals surface area contributed by atoms with Gasteiger partial charge in [0.25, 0.3) is 0 Å². The van der Waals surface area contributed by atoms with Crippen molar-refractivity contribution in [2.45, 2.75) is 25.0 Å². The van der Waals surface area contributed by atoms with Crippen molar-refractivity contribution in [2.75, 3.05) is 25.4 Å². The lowest BCUT2D eigenvalue weighted by molar-refractivity contribution is -0.124. The summed E-state index contributed by atoms with van der Waals surface area (Å²) in [7, 11) is 0. The molecule has 3 atom stereocenters. The first-order chi connectivity index (χ1) is 9.66. The Labute approximate surface area is 118 Å². The number of anilines is 1. The number of piperidine rings is 1. The molecule has 1 aromatic rings. The highest BCUT2D eigenvalue weighted by molar-refractivity contribution is 5.82. The summed E-state index contributed by atoms with van der Waals surface area (Å²) >= 11 is 0. The van der Waals surface area contributed by atoms with Crippen molar-refractivity contribution >= 4 is 11.6 Å². The van der Waals surface area contributed by atoms with Crippen LogP contribution in [0.5, 0.6) is 0 Å². The zero-order chi connectivity index (χ0) is 14.1. The number of aliphatic hydroxyl groups excluding tert-OH is 1. The molecule has 3 rings (SSSR count). The van der Waals surface area contributed by atoms with E-state index in [1.807, 2.05) is 18.2 Å². The van der Waals surface area contributed by atoms with Crippen LogP contribution in [0.3, 0.4) is 0 Å². The van der Waals surface area contributed by atoms with Crippen LogP contribution in [0.1, 0.15) is 24.5 Å². The van der Waals surface area contributed by atoms with E-state index in [9.17, 15) is 9.90 Å². The fraction of sp³-hybridized carbons (Fsp3) is 0.533. The Morgan fingerprint density at radius 3 is 3.05 bits per heavy atom. The highest BCUT2D eigenvalue weighted by Gasteiger charge is 2.41. The number of para-hydroxylation sites is 1. The van der Waals surface area contributed by atoms with Crippen LogP contribution in [0.25, 0.3) is 0 Å². The minimum absolute atomic E-state index is 0.0871. The molecule has 0 radical (unpaired) electrons. The number of rotatable bonds is 3. The molecule has 108 valence electrons. The van der Waals surface area contributed by atoms with Crippen molar-refractivity contribution in [3.63, 3.8) is 0 Å². The van der Waals surface area contributed by atoms with Gasteiger partial charge in [-0.2, -0.15) is 0 Å². The molecule has 20 heavy (non-hydrogen) atoms. The molecule has 2 aliphatic heterocycles. The van der Waals surface area contributed by atoms with Gasteiger partial charge in [-0.3, -0.25) is 9.69 Å². The summed E-state index contributed by atoms with van der Waals surface area (Å²) in [5.74, 6) is 0.248. The van der Waals surface area contributed by atoms with Gasteiger partial charge >= 0.3 is 0 Å². The third-order valence-electron chi connectivity index (χ3n) is 4.48. The van der Waals surface area contributed by atoms with Gasteiger partial charge in [-0.15, -0.1) is 0 Å². The number of nitrogens with one attached hydrogen (secondary N) is 1. The number of β-amino-alcohol motifs (C(OH)–C–C–N with tert-alkyl or cyclic N) is 1. The number of nitrogens with two attached hydrogens (primary N) is 1. The smallest absolute Gasteiger partial charge is 0.224 e. The zero-order valence-electron chi connectivity index (χ0n) is 11.5. The predicted molar refractivity (Wildman–Crippen MR) is 76.9 cm³/mol. The average molecular weight is 275 g/mol. The van der Waals surface area contributed by atoms with Crippen molar-refractivity contribution in [3.05, 3.63) is 29.8 Å². The molecule has 2 fully saturated rings. The number of hydrogen-bond acceptors (Lipinski definition) is 4. The normalized spacial score (nSPS) is 27.9. The Kier molecular flexibility index (Phi) is 3.63. The Morgan fingerprint density at radius 1 is 1.45 bits per heavy atom. The van der Waals surface area contributed by atoms with Crippen LogP contribution in [0.15, 0.2) is 24.3 Å². The van der Waals surface area contributed by atoms with Gasteiger partial charge in [-0.05, 0) is 25.5 Å². The van der Waals surface area contributed by atoms with Crippen LogP contribution in [0.4, 0.5) is 5.69 Å². The van der Waals surface area contributed by atoms with Crippen molar-refractivity contribution < 1.29 is 9.90 Å². The van der Waals surface area contributed by atoms with E-state index in [-0.39, 0.29) is 17.9 Å². The maximum absolute atomic E-state index is 11.7. The number of nitrogen functional groups attached to an aromatic ring is 1. The molecule has 0 spiro atoms. The van der Waals surface area contributed by atoms with E-state index in [1.165, 1.54) is 0 Å². The highest BCUT2D eigenvalue weighted by Crippen LogP contribution is 2.30. The van der Waals surface area contributed by atoms with Crippen LogP contribution in [-0.4, -0.2) is 41.6 Å². The summed E-state index contributed by atoms with van der Waals surface area (Å²) in [6.45, 7) is 2.16. The number of likely N-dealkylation sites (tertiary alicyclic amines) is 1. The molecule has 2 aliphatic rings. The predicted octanol–water partition coefficient (Wildman–Crippen LogP) is 0.513. The third kappa shape index (κ3) is 2.39. The molecule has 1 amide bonds. The second-order valence-corrected chi connectivity index (χ2v) is 5.70. The van der Waals surface area contributed by atoms with Crippen molar-refractivity contribution in [3.8, 4) is 0 Å². The molecule has 5 heteroatoms. The number of hydrogen-bond donors (Lipinski definition) is 3. The van der Waals surface area contributed by atoms with Crippen LogP contribution < -0.4 is 11.1 Å². The minimum Gasteiger partial charge on any atom is -0.398 e. The first kappa shape index (κ1) is 13.4. The molecule has 1 aromatic carbocycles. The molecule has 5 nitrogen and oxygen atoms in total. The lowest BCUT2D eigenvalue weighted by Crippen LogP contribution is -2.47. The van der Waals surface area contributed by atoms with Crippen LogP contribution in [-0.2, 0) is 4.79 Å². The summed E-state index contributed by atoms with van der Waals surface area (Å²) in [5, 5.41) is 13.3. The van der Waals surface area contributed by atoms with E-state index in [1.54, 1.807) is 6.07 Å². The van der Waals surface area contributed by atoms with Gasteiger partial charge in [0, 0.05) is 30.4 Å². The van der Waals surface area contributed by atoms with Gasteiger partial charge in [0.15, 0.2) is 0 Å². The summed E-state index contributed by atoms with van der Waals surface area (Å²) in [5.41, 5.74) is 7.30. The molecule has 2 saturated heterocycles. The van der Waals surface area contributed by atoms with E-state index in [0.717, 1.165) is 24.9 Å². The first-order valence-corrected chi connectivity index (χ1v) is 7.21. The summed E-state index contributed by atoms with van der Waals surface area (Å²) < 4.78 is 0.